The number of amides is 4. The molecule has 3 atom stereocenters. The summed E-state index contributed by atoms with van der Waals surface area (Å²) in [6, 6.07) is 5.08. The van der Waals surface area contributed by atoms with Crippen molar-refractivity contribution in [1.29, 1.82) is 0 Å². The molecule has 1 fully saturated rings. The molecule has 1 aliphatic heterocycles. The SMILES string of the molecule is CCCCCC(=O)NC(Cc1ccc(OC(=O)CN2CCN(C)CC2)cc1)C(=O)NC(C(=O)NC(C)(C)CC(C)(C)C(N)=O)C(C)CC. The number of primary amides is 1. The van der Waals surface area contributed by atoms with Crippen molar-refractivity contribution < 1.29 is 28.7 Å². The first kappa shape index (κ1) is 40.7. The number of benzene rings is 1. The second-order valence-corrected chi connectivity index (χ2v) is 14.6. The predicted octanol–water partition coefficient (Wildman–Crippen LogP) is 2.77. The molecular weight excluding hydrogens is 612 g/mol. The lowest BCUT2D eigenvalue weighted by Gasteiger charge is -2.36. The summed E-state index contributed by atoms with van der Waals surface area (Å²) in [5.74, 6) is -1.70. The highest BCUT2D eigenvalue weighted by Crippen LogP contribution is 2.28. The van der Waals surface area contributed by atoms with Crippen LogP contribution < -0.4 is 26.4 Å². The Morgan fingerprint density at radius 3 is 2.10 bits per heavy atom. The monoisotopic (exact) mass is 672 g/mol. The van der Waals surface area contributed by atoms with Gasteiger partial charge in [-0.3, -0.25) is 28.9 Å². The Morgan fingerprint density at radius 1 is 0.917 bits per heavy atom. The van der Waals surface area contributed by atoms with E-state index in [9.17, 15) is 24.0 Å². The number of ether oxygens (including phenoxy) is 1. The van der Waals surface area contributed by atoms with Gasteiger partial charge in [0.25, 0.3) is 0 Å². The van der Waals surface area contributed by atoms with Gasteiger partial charge in [-0.15, -0.1) is 0 Å². The molecule has 1 aromatic carbocycles. The molecule has 270 valence electrons. The van der Waals surface area contributed by atoms with Crippen molar-refractivity contribution in [3.05, 3.63) is 29.8 Å². The first-order chi connectivity index (χ1) is 22.5. The summed E-state index contributed by atoms with van der Waals surface area (Å²) in [6.45, 7) is 16.6. The summed E-state index contributed by atoms with van der Waals surface area (Å²) in [5, 5.41) is 8.80. The number of carbonyl (C=O) groups excluding carboxylic acids is 5. The van der Waals surface area contributed by atoms with Gasteiger partial charge >= 0.3 is 5.97 Å². The number of carbonyl (C=O) groups is 5. The molecule has 1 aliphatic rings. The fourth-order valence-corrected chi connectivity index (χ4v) is 5.90. The van der Waals surface area contributed by atoms with E-state index in [1.54, 1.807) is 38.1 Å². The van der Waals surface area contributed by atoms with Gasteiger partial charge in [-0.25, -0.2) is 0 Å². The van der Waals surface area contributed by atoms with E-state index in [4.69, 9.17) is 10.5 Å². The third-order valence-corrected chi connectivity index (χ3v) is 9.01. The van der Waals surface area contributed by atoms with E-state index < -0.39 is 34.9 Å². The number of nitrogens with two attached hydrogens (primary N) is 1. The van der Waals surface area contributed by atoms with Crippen molar-refractivity contribution in [2.45, 2.75) is 111 Å². The van der Waals surface area contributed by atoms with Crippen molar-refractivity contribution >= 4 is 29.6 Å². The van der Waals surface area contributed by atoms with Gasteiger partial charge in [0.05, 0.1) is 6.54 Å². The van der Waals surface area contributed by atoms with Crippen LogP contribution >= 0.6 is 0 Å². The van der Waals surface area contributed by atoms with Gasteiger partial charge < -0.3 is 31.3 Å². The molecule has 48 heavy (non-hydrogen) atoms. The highest BCUT2D eigenvalue weighted by atomic mass is 16.5. The molecule has 0 bridgehead atoms. The molecule has 1 aromatic rings. The summed E-state index contributed by atoms with van der Waals surface area (Å²) in [7, 11) is 2.06. The van der Waals surface area contributed by atoms with E-state index in [2.05, 4.69) is 39.7 Å². The third kappa shape index (κ3) is 13.9. The van der Waals surface area contributed by atoms with Gasteiger partial charge in [-0.2, -0.15) is 0 Å². The first-order valence-electron chi connectivity index (χ1n) is 17.4. The molecule has 1 heterocycles. The molecule has 0 aliphatic carbocycles. The summed E-state index contributed by atoms with van der Waals surface area (Å²) in [5.41, 5.74) is 4.70. The molecule has 0 radical (unpaired) electrons. The van der Waals surface area contributed by atoms with Crippen LogP contribution in [0.25, 0.3) is 0 Å². The van der Waals surface area contributed by atoms with Crippen molar-refractivity contribution in [1.82, 2.24) is 25.8 Å². The standard InChI is InChI=1S/C36H60N6O6/c1-9-11-12-13-29(43)38-28(22-26-14-16-27(17-15-26)48-30(44)23-42-20-18-41(8)19-21-42)32(45)39-31(25(3)10-2)33(46)40-36(6,7)24-35(4,5)34(37)47/h14-17,25,28,31H,9-13,18-24H2,1-8H3,(H2,37,47)(H,38,43)(H,39,45)(H,40,46). The maximum absolute atomic E-state index is 13.8. The molecule has 12 heteroatoms. The molecule has 12 nitrogen and oxygen atoms in total. The van der Waals surface area contributed by atoms with Crippen molar-refractivity contribution in [3.8, 4) is 5.75 Å². The maximum atomic E-state index is 13.8. The third-order valence-electron chi connectivity index (χ3n) is 9.01. The van der Waals surface area contributed by atoms with E-state index in [1.807, 2.05) is 27.7 Å². The summed E-state index contributed by atoms with van der Waals surface area (Å²) in [6.07, 6.45) is 3.96. The van der Waals surface area contributed by atoms with Gasteiger partial charge in [0, 0.05) is 50.0 Å². The van der Waals surface area contributed by atoms with Crippen molar-refractivity contribution in [2.24, 2.45) is 17.1 Å². The number of nitrogens with one attached hydrogen (secondary N) is 3. The maximum Gasteiger partial charge on any atom is 0.325 e. The zero-order chi connectivity index (χ0) is 36.1. The summed E-state index contributed by atoms with van der Waals surface area (Å²) >= 11 is 0. The van der Waals surface area contributed by atoms with Crippen LogP contribution in [0.2, 0.25) is 0 Å². The van der Waals surface area contributed by atoms with Crippen molar-refractivity contribution in [3.63, 3.8) is 0 Å². The van der Waals surface area contributed by atoms with Crippen LogP contribution in [0, 0.1) is 11.3 Å². The summed E-state index contributed by atoms with van der Waals surface area (Å²) < 4.78 is 5.56. The second-order valence-electron chi connectivity index (χ2n) is 14.6. The van der Waals surface area contributed by atoms with E-state index in [0.29, 0.717) is 31.4 Å². The van der Waals surface area contributed by atoms with Crippen LogP contribution in [0.15, 0.2) is 24.3 Å². The van der Waals surface area contributed by atoms with Gasteiger partial charge in [-0.1, -0.05) is 66.0 Å². The first-order valence-corrected chi connectivity index (χ1v) is 17.4. The van der Waals surface area contributed by atoms with E-state index in [-0.39, 0.29) is 36.7 Å². The van der Waals surface area contributed by atoms with E-state index in [0.717, 1.165) is 44.6 Å². The van der Waals surface area contributed by atoms with Gasteiger partial charge in [0.2, 0.25) is 23.6 Å². The van der Waals surface area contributed by atoms with E-state index >= 15 is 0 Å². The highest BCUT2D eigenvalue weighted by Gasteiger charge is 2.37. The minimum absolute atomic E-state index is 0.175. The summed E-state index contributed by atoms with van der Waals surface area (Å²) in [4.78, 5) is 69.1. The lowest BCUT2D eigenvalue weighted by atomic mass is 9.79. The lowest BCUT2D eigenvalue weighted by molar-refractivity contribution is -0.136. The zero-order valence-electron chi connectivity index (χ0n) is 30.4. The highest BCUT2D eigenvalue weighted by molar-refractivity contribution is 5.92. The van der Waals surface area contributed by atoms with Crippen LogP contribution in [-0.4, -0.2) is 96.8 Å². The quantitative estimate of drug-likeness (QED) is 0.0991. The molecule has 3 unspecified atom stereocenters. The van der Waals surface area contributed by atoms with Crippen LogP contribution in [0.3, 0.4) is 0 Å². The number of hydrogen-bond acceptors (Lipinski definition) is 8. The molecule has 5 N–H and O–H groups in total. The number of piperazine rings is 1. The van der Waals surface area contributed by atoms with Crippen LogP contribution in [0.4, 0.5) is 0 Å². The molecule has 1 saturated heterocycles. The fraction of sp³-hybridized carbons (Fsp3) is 0.694. The fourth-order valence-electron chi connectivity index (χ4n) is 5.90. The minimum Gasteiger partial charge on any atom is -0.426 e. The Hall–Kier alpha value is -3.51. The largest absolute Gasteiger partial charge is 0.426 e. The van der Waals surface area contributed by atoms with Gasteiger partial charge in [0.1, 0.15) is 17.8 Å². The zero-order valence-corrected chi connectivity index (χ0v) is 30.4. The number of esters is 1. The average Bonchev–Trinajstić information content (AvgIpc) is 3.00. The number of likely N-dealkylation sites (N-methyl/N-ethyl adjacent to an activating group) is 1. The molecule has 4 amide bonds. The lowest BCUT2D eigenvalue weighted by Crippen LogP contribution is -2.59. The number of nitrogens with zero attached hydrogens (tertiary/aromatic N) is 2. The van der Waals surface area contributed by atoms with Crippen LogP contribution in [0.5, 0.6) is 5.75 Å². The Morgan fingerprint density at radius 2 is 1.54 bits per heavy atom. The van der Waals surface area contributed by atoms with Gasteiger partial charge in [0.15, 0.2) is 0 Å². The number of rotatable bonds is 19. The average molecular weight is 673 g/mol. The minimum atomic E-state index is -0.939. The Labute approximate surface area is 287 Å². The topological polar surface area (TPSA) is 163 Å². The predicted molar refractivity (Wildman–Crippen MR) is 187 cm³/mol. The molecule has 0 spiro atoms. The van der Waals surface area contributed by atoms with E-state index in [1.165, 1.54) is 0 Å². The number of hydrogen-bond donors (Lipinski definition) is 4. The number of unbranched alkanes of at least 4 members (excludes halogenated alkanes) is 2. The molecule has 2 rings (SSSR count). The Balaban J connectivity index is 2.17. The van der Waals surface area contributed by atoms with Gasteiger partial charge in [-0.05, 0) is 57.4 Å². The Kier molecular flexibility index (Phi) is 16.0. The normalized spacial score (nSPS) is 16.3. The second kappa shape index (κ2) is 18.9. The molecule has 0 aromatic heterocycles. The smallest absolute Gasteiger partial charge is 0.325 e. The Bertz CT molecular complexity index is 1230. The van der Waals surface area contributed by atoms with Crippen LogP contribution in [0.1, 0.15) is 92.6 Å². The molecule has 0 saturated carbocycles. The van der Waals surface area contributed by atoms with Crippen molar-refractivity contribution in [2.75, 3.05) is 39.8 Å². The molecular formula is C36H60N6O6. The van der Waals surface area contributed by atoms with Crippen LogP contribution in [-0.2, 0) is 30.4 Å².